The van der Waals surface area contributed by atoms with Gasteiger partial charge in [0.2, 0.25) is 0 Å². The SMILES string of the molecule is CC1CCC(C(Cc2ccc(F)cc2)NN)CC1. The third-order valence-corrected chi connectivity index (χ3v) is 4.21. The van der Waals surface area contributed by atoms with E-state index in [1.807, 2.05) is 12.1 Å². The molecule has 0 bridgehead atoms. The van der Waals surface area contributed by atoms with Crippen molar-refractivity contribution in [3.8, 4) is 0 Å². The van der Waals surface area contributed by atoms with Crippen molar-refractivity contribution in [3.63, 3.8) is 0 Å². The molecule has 0 spiro atoms. The molecule has 3 N–H and O–H groups in total. The van der Waals surface area contributed by atoms with Gasteiger partial charge in [-0.15, -0.1) is 0 Å². The van der Waals surface area contributed by atoms with Crippen LogP contribution in [0.4, 0.5) is 4.39 Å². The molecule has 1 aliphatic carbocycles. The Balaban J connectivity index is 1.94. The molecule has 0 amide bonds. The molecular formula is C15H23FN2. The van der Waals surface area contributed by atoms with Gasteiger partial charge in [-0.2, -0.15) is 0 Å². The Hall–Kier alpha value is -0.930. The van der Waals surface area contributed by atoms with E-state index in [2.05, 4.69) is 12.3 Å². The van der Waals surface area contributed by atoms with Gasteiger partial charge in [-0.1, -0.05) is 31.9 Å². The normalized spacial score (nSPS) is 25.9. The average molecular weight is 250 g/mol. The van der Waals surface area contributed by atoms with Crippen LogP contribution in [0.2, 0.25) is 0 Å². The van der Waals surface area contributed by atoms with Gasteiger partial charge in [-0.25, -0.2) is 4.39 Å². The molecule has 2 rings (SSSR count). The molecule has 100 valence electrons. The molecule has 2 nitrogen and oxygen atoms in total. The number of halogens is 1. The summed E-state index contributed by atoms with van der Waals surface area (Å²) in [5.74, 6) is 7.02. The Morgan fingerprint density at radius 2 is 1.83 bits per heavy atom. The van der Waals surface area contributed by atoms with Crippen LogP contribution in [0.15, 0.2) is 24.3 Å². The third-order valence-electron chi connectivity index (χ3n) is 4.21. The minimum absolute atomic E-state index is 0.178. The lowest BCUT2D eigenvalue weighted by atomic mass is 9.78. The van der Waals surface area contributed by atoms with Crippen molar-refractivity contribution >= 4 is 0 Å². The minimum atomic E-state index is -0.178. The van der Waals surface area contributed by atoms with E-state index in [0.29, 0.717) is 12.0 Å². The van der Waals surface area contributed by atoms with E-state index >= 15 is 0 Å². The molecule has 1 aliphatic rings. The third kappa shape index (κ3) is 3.53. The summed E-state index contributed by atoms with van der Waals surface area (Å²) in [4.78, 5) is 0. The van der Waals surface area contributed by atoms with Gasteiger partial charge in [0.1, 0.15) is 5.82 Å². The fraction of sp³-hybridized carbons (Fsp3) is 0.600. The molecule has 0 saturated heterocycles. The van der Waals surface area contributed by atoms with Crippen molar-refractivity contribution in [1.29, 1.82) is 0 Å². The first kappa shape index (κ1) is 13.5. The van der Waals surface area contributed by atoms with E-state index in [1.54, 1.807) is 0 Å². The van der Waals surface area contributed by atoms with Crippen LogP contribution in [-0.4, -0.2) is 6.04 Å². The molecule has 0 aromatic heterocycles. The van der Waals surface area contributed by atoms with E-state index in [4.69, 9.17) is 5.84 Å². The van der Waals surface area contributed by atoms with Crippen molar-refractivity contribution in [2.45, 2.75) is 45.1 Å². The number of nitrogens with one attached hydrogen (secondary N) is 1. The molecule has 0 heterocycles. The van der Waals surface area contributed by atoms with Gasteiger partial charge in [-0.05, 0) is 48.8 Å². The number of hydrogen-bond donors (Lipinski definition) is 2. The standard InChI is InChI=1S/C15H23FN2/c1-11-2-6-13(7-3-11)15(18-17)10-12-4-8-14(16)9-5-12/h4-5,8-9,11,13,15,18H,2-3,6-7,10,17H2,1H3. The second kappa shape index (κ2) is 6.30. The molecule has 0 radical (unpaired) electrons. The van der Waals surface area contributed by atoms with Crippen LogP contribution in [-0.2, 0) is 6.42 Å². The maximum atomic E-state index is 12.9. The summed E-state index contributed by atoms with van der Waals surface area (Å²) in [7, 11) is 0. The largest absolute Gasteiger partial charge is 0.271 e. The molecule has 1 unspecified atom stereocenters. The number of hydrazine groups is 1. The first-order chi connectivity index (χ1) is 8.69. The second-order valence-corrected chi connectivity index (χ2v) is 5.62. The smallest absolute Gasteiger partial charge is 0.123 e. The van der Waals surface area contributed by atoms with E-state index in [1.165, 1.54) is 37.8 Å². The molecule has 3 heteroatoms. The van der Waals surface area contributed by atoms with Crippen LogP contribution in [0.5, 0.6) is 0 Å². The highest BCUT2D eigenvalue weighted by molar-refractivity contribution is 5.17. The molecule has 1 saturated carbocycles. The van der Waals surface area contributed by atoms with Crippen molar-refractivity contribution < 1.29 is 4.39 Å². The minimum Gasteiger partial charge on any atom is -0.271 e. The van der Waals surface area contributed by atoms with Crippen molar-refractivity contribution in [2.75, 3.05) is 0 Å². The molecular weight excluding hydrogens is 227 g/mol. The van der Waals surface area contributed by atoms with Crippen LogP contribution < -0.4 is 11.3 Å². The zero-order valence-corrected chi connectivity index (χ0v) is 11.0. The zero-order valence-electron chi connectivity index (χ0n) is 11.0. The Bertz CT molecular complexity index is 355. The maximum Gasteiger partial charge on any atom is 0.123 e. The van der Waals surface area contributed by atoms with Gasteiger partial charge in [0.05, 0.1) is 0 Å². The summed E-state index contributed by atoms with van der Waals surface area (Å²) >= 11 is 0. The highest BCUT2D eigenvalue weighted by Gasteiger charge is 2.25. The van der Waals surface area contributed by atoms with Crippen molar-refractivity contribution in [3.05, 3.63) is 35.6 Å². The Morgan fingerprint density at radius 3 is 2.39 bits per heavy atom. The Morgan fingerprint density at radius 1 is 1.22 bits per heavy atom. The topological polar surface area (TPSA) is 38.0 Å². The van der Waals surface area contributed by atoms with Gasteiger partial charge in [0.25, 0.3) is 0 Å². The fourth-order valence-corrected chi connectivity index (χ4v) is 2.92. The Labute approximate surface area is 109 Å². The van der Waals surface area contributed by atoms with E-state index in [-0.39, 0.29) is 5.82 Å². The molecule has 1 atom stereocenters. The van der Waals surface area contributed by atoms with Gasteiger partial charge in [0, 0.05) is 6.04 Å². The highest BCUT2D eigenvalue weighted by atomic mass is 19.1. The molecule has 1 aromatic rings. The summed E-state index contributed by atoms with van der Waals surface area (Å²) in [5, 5.41) is 0. The molecule has 1 aromatic carbocycles. The van der Waals surface area contributed by atoms with Crippen LogP contribution in [0.3, 0.4) is 0 Å². The predicted molar refractivity (Wildman–Crippen MR) is 72.3 cm³/mol. The first-order valence-corrected chi connectivity index (χ1v) is 6.89. The van der Waals surface area contributed by atoms with E-state index < -0.39 is 0 Å². The summed E-state index contributed by atoms with van der Waals surface area (Å²) < 4.78 is 12.9. The molecule has 18 heavy (non-hydrogen) atoms. The molecule has 0 aliphatic heterocycles. The zero-order chi connectivity index (χ0) is 13.0. The van der Waals surface area contributed by atoms with Gasteiger partial charge < -0.3 is 0 Å². The van der Waals surface area contributed by atoms with E-state index in [0.717, 1.165) is 17.9 Å². The average Bonchev–Trinajstić information content (AvgIpc) is 2.39. The van der Waals surface area contributed by atoms with Gasteiger partial charge in [0.15, 0.2) is 0 Å². The first-order valence-electron chi connectivity index (χ1n) is 6.89. The summed E-state index contributed by atoms with van der Waals surface area (Å²) in [6.45, 7) is 2.32. The summed E-state index contributed by atoms with van der Waals surface area (Å²) in [5.41, 5.74) is 4.11. The van der Waals surface area contributed by atoms with Crippen LogP contribution in [0.1, 0.15) is 38.2 Å². The lowest BCUT2D eigenvalue weighted by Crippen LogP contribution is -2.43. The number of benzene rings is 1. The van der Waals surface area contributed by atoms with Gasteiger partial charge >= 0.3 is 0 Å². The lowest BCUT2D eigenvalue weighted by molar-refractivity contribution is 0.229. The van der Waals surface area contributed by atoms with Crippen molar-refractivity contribution in [2.24, 2.45) is 17.7 Å². The number of nitrogens with two attached hydrogens (primary N) is 1. The number of rotatable bonds is 4. The van der Waals surface area contributed by atoms with Gasteiger partial charge in [-0.3, -0.25) is 11.3 Å². The Kier molecular flexibility index (Phi) is 4.72. The van der Waals surface area contributed by atoms with Crippen molar-refractivity contribution in [1.82, 2.24) is 5.43 Å². The second-order valence-electron chi connectivity index (χ2n) is 5.62. The highest BCUT2D eigenvalue weighted by Crippen LogP contribution is 2.31. The maximum absolute atomic E-state index is 12.9. The van der Waals surface area contributed by atoms with E-state index in [9.17, 15) is 4.39 Å². The summed E-state index contributed by atoms with van der Waals surface area (Å²) in [6, 6.07) is 7.05. The fourth-order valence-electron chi connectivity index (χ4n) is 2.92. The predicted octanol–water partition coefficient (Wildman–Crippen LogP) is 3.03. The van der Waals surface area contributed by atoms with Crippen LogP contribution in [0.25, 0.3) is 0 Å². The van der Waals surface area contributed by atoms with Crippen LogP contribution >= 0.6 is 0 Å². The monoisotopic (exact) mass is 250 g/mol. The molecule has 1 fully saturated rings. The quantitative estimate of drug-likeness (QED) is 0.637. The summed E-state index contributed by atoms with van der Waals surface area (Å²) in [6.07, 6.45) is 5.98. The lowest BCUT2D eigenvalue weighted by Gasteiger charge is -2.32. The number of hydrogen-bond acceptors (Lipinski definition) is 2. The van der Waals surface area contributed by atoms with Crippen LogP contribution in [0, 0.1) is 17.7 Å².